The van der Waals surface area contributed by atoms with E-state index in [1.165, 1.54) is 0 Å². The van der Waals surface area contributed by atoms with E-state index in [1.807, 2.05) is 10.6 Å². The molecule has 1 saturated heterocycles. The van der Waals surface area contributed by atoms with Gasteiger partial charge in [0.15, 0.2) is 5.78 Å². The summed E-state index contributed by atoms with van der Waals surface area (Å²) in [5.74, 6) is -6.56. The Morgan fingerprint density at radius 2 is 2.03 bits per heavy atom. The van der Waals surface area contributed by atoms with Crippen molar-refractivity contribution >= 4 is 28.3 Å². The van der Waals surface area contributed by atoms with Crippen molar-refractivity contribution in [3.8, 4) is 0 Å². The number of ether oxygens (including phenoxy) is 1. The number of ketones is 1. The number of aromatic nitrogens is 1. The quantitative estimate of drug-likeness (QED) is 0.330. The number of nitrogens with zero attached hydrogens (tertiary/aromatic N) is 1. The van der Waals surface area contributed by atoms with E-state index >= 15 is 0 Å². The molecule has 0 amide bonds. The number of hydrogen-bond acceptors (Lipinski definition) is 2. The zero-order valence-corrected chi connectivity index (χ0v) is 18.2. The minimum Gasteiger partial charge on any atom is -0.376 e. The summed E-state index contributed by atoms with van der Waals surface area (Å²) in [6, 6.07) is 5.31. The Hall–Kier alpha value is -1.67. The van der Waals surface area contributed by atoms with Gasteiger partial charge in [-0.05, 0) is 43.7 Å². The number of halogens is 6. The Morgan fingerprint density at radius 1 is 1.25 bits per heavy atom. The van der Waals surface area contributed by atoms with Gasteiger partial charge in [0, 0.05) is 49.6 Å². The average Bonchev–Trinajstić information content (AvgIpc) is 3.34. The van der Waals surface area contributed by atoms with Gasteiger partial charge in [-0.2, -0.15) is 13.2 Å². The van der Waals surface area contributed by atoms with Crippen LogP contribution in [0.4, 0.5) is 22.0 Å². The van der Waals surface area contributed by atoms with Gasteiger partial charge in [-0.3, -0.25) is 4.79 Å². The van der Waals surface area contributed by atoms with Crippen LogP contribution in [0.3, 0.4) is 0 Å². The van der Waals surface area contributed by atoms with Crippen LogP contribution in [0.25, 0.3) is 10.9 Å². The topological polar surface area (TPSA) is 31.2 Å². The molecule has 0 bridgehead atoms. The molecule has 176 valence electrons. The van der Waals surface area contributed by atoms with E-state index in [-0.39, 0.29) is 31.1 Å². The molecule has 1 aliphatic heterocycles. The number of Topliss-reactive ketones (excluding diaryl/α,β-unsaturated/α-hetero) is 1. The number of fused-ring (bicyclic) bond motifs is 1. The van der Waals surface area contributed by atoms with Crippen LogP contribution in [0.5, 0.6) is 0 Å². The molecule has 3 atom stereocenters. The first-order valence-electron chi connectivity index (χ1n) is 10.9. The molecule has 4 rings (SSSR count). The van der Waals surface area contributed by atoms with Crippen molar-refractivity contribution in [2.24, 2.45) is 11.8 Å². The maximum atomic E-state index is 13.9. The van der Waals surface area contributed by atoms with Crippen molar-refractivity contribution in [1.82, 2.24) is 4.57 Å². The Labute approximate surface area is 187 Å². The Balaban J connectivity index is 1.51. The Morgan fingerprint density at radius 3 is 2.72 bits per heavy atom. The zero-order chi connectivity index (χ0) is 23.1. The molecule has 32 heavy (non-hydrogen) atoms. The molecule has 2 aromatic rings. The first-order chi connectivity index (χ1) is 15.0. The van der Waals surface area contributed by atoms with Gasteiger partial charge in [0.2, 0.25) is 5.92 Å². The van der Waals surface area contributed by atoms with Gasteiger partial charge in [-0.1, -0.05) is 17.7 Å². The molecule has 1 aromatic carbocycles. The summed E-state index contributed by atoms with van der Waals surface area (Å²) in [6.45, 7) is 1.26. The number of alkyl halides is 5. The molecule has 1 saturated carbocycles. The minimum atomic E-state index is -4.66. The molecule has 9 heteroatoms. The third-order valence-corrected chi connectivity index (χ3v) is 6.89. The van der Waals surface area contributed by atoms with Crippen molar-refractivity contribution in [2.75, 3.05) is 6.61 Å². The third kappa shape index (κ3) is 5.11. The molecule has 2 fully saturated rings. The van der Waals surface area contributed by atoms with Gasteiger partial charge in [-0.25, -0.2) is 8.78 Å². The molecule has 0 spiro atoms. The average molecular weight is 478 g/mol. The highest BCUT2D eigenvalue weighted by molar-refractivity contribution is 6.37. The summed E-state index contributed by atoms with van der Waals surface area (Å²) < 4.78 is 74.7. The molecule has 2 heterocycles. The summed E-state index contributed by atoms with van der Waals surface area (Å²) in [5, 5.41) is 0.984. The Kier molecular flexibility index (Phi) is 6.56. The van der Waals surface area contributed by atoms with Crippen LogP contribution in [0.15, 0.2) is 24.4 Å². The summed E-state index contributed by atoms with van der Waals surface area (Å²) in [4.78, 5) is 13.0. The lowest BCUT2D eigenvalue weighted by molar-refractivity contribution is -0.214. The maximum absolute atomic E-state index is 13.9. The van der Waals surface area contributed by atoms with Gasteiger partial charge in [-0.15, -0.1) is 0 Å². The molecule has 3 unspecified atom stereocenters. The monoisotopic (exact) mass is 477 g/mol. The highest BCUT2D eigenvalue weighted by Gasteiger charge is 2.51. The molecule has 0 radical (unpaired) electrons. The van der Waals surface area contributed by atoms with Gasteiger partial charge in [0.25, 0.3) is 0 Å². The fourth-order valence-corrected chi connectivity index (χ4v) is 5.32. The standard InChI is InChI=1S/C23H25ClF5NO2/c24-18-4-1-5-19-21(18)17(13-30(19)12-16-3-2-8-32-16)20(31)7-6-14-9-15(23(27,28)29)11-22(25,26)10-14/h1,4-5,13-16H,2-3,6-12H2. The van der Waals surface area contributed by atoms with Crippen LogP contribution in [0.1, 0.15) is 55.3 Å². The van der Waals surface area contributed by atoms with E-state index in [9.17, 15) is 26.7 Å². The lowest BCUT2D eigenvalue weighted by Crippen LogP contribution is -2.38. The number of benzene rings is 1. The van der Waals surface area contributed by atoms with Crippen LogP contribution < -0.4 is 0 Å². The summed E-state index contributed by atoms with van der Waals surface area (Å²) in [6.07, 6.45) is -3.29. The summed E-state index contributed by atoms with van der Waals surface area (Å²) in [5.41, 5.74) is 1.15. The van der Waals surface area contributed by atoms with Crippen LogP contribution in [0.2, 0.25) is 5.02 Å². The number of carbonyl (C=O) groups is 1. The zero-order valence-electron chi connectivity index (χ0n) is 17.4. The van der Waals surface area contributed by atoms with Gasteiger partial charge < -0.3 is 9.30 Å². The van der Waals surface area contributed by atoms with Gasteiger partial charge in [0.05, 0.1) is 22.6 Å². The summed E-state index contributed by atoms with van der Waals surface area (Å²) in [7, 11) is 0. The van der Waals surface area contributed by atoms with Crippen molar-refractivity contribution in [1.29, 1.82) is 0 Å². The molecule has 3 nitrogen and oxygen atoms in total. The molecule has 1 aromatic heterocycles. The molecule has 0 N–H and O–H groups in total. The normalized spacial score (nSPS) is 26.0. The largest absolute Gasteiger partial charge is 0.392 e. The fourth-order valence-electron chi connectivity index (χ4n) is 5.05. The van der Waals surface area contributed by atoms with Crippen molar-refractivity contribution in [2.45, 2.75) is 69.7 Å². The van der Waals surface area contributed by atoms with Gasteiger partial charge in [0.1, 0.15) is 0 Å². The SMILES string of the molecule is O=C(CCC1CC(C(F)(F)F)CC(F)(F)C1)c1cn(CC2CCCO2)c2cccc(Cl)c12. The van der Waals surface area contributed by atoms with Crippen molar-refractivity contribution < 1.29 is 31.5 Å². The maximum Gasteiger partial charge on any atom is 0.392 e. The fraction of sp³-hybridized carbons (Fsp3) is 0.609. The predicted octanol–water partition coefficient (Wildman–Crippen LogP) is 7.05. The first-order valence-corrected chi connectivity index (χ1v) is 11.3. The second kappa shape index (κ2) is 8.93. The smallest absolute Gasteiger partial charge is 0.376 e. The number of rotatable bonds is 6. The van der Waals surface area contributed by atoms with E-state index in [2.05, 4.69) is 0 Å². The van der Waals surface area contributed by atoms with Crippen LogP contribution >= 0.6 is 11.6 Å². The van der Waals surface area contributed by atoms with Crippen LogP contribution in [0, 0.1) is 11.8 Å². The second-order valence-electron chi connectivity index (χ2n) is 9.03. The Bertz CT molecular complexity index is 981. The minimum absolute atomic E-state index is 0.0101. The highest BCUT2D eigenvalue weighted by Crippen LogP contribution is 2.47. The number of carbonyl (C=O) groups excluding carboxylic acids is 1. The molecular weight excluding hydrogens is 453 g/mol. The summed E-state index contributed by atoms with van der Waals surface area (Å²) >= 11 is 6.37. The van der Waals surface area contributed by atoms with E-state index in [1.54, 1.807) is 18.3 Å². The molecule has 2 aliphatic rings. The van der Waals surface area contributed by atoms with E-state index in [4.69, 9.17) is 16.3 Å². The lowest BCUT2D eigenvalue weighted by Gasteiger charge is -2.35. The molecule has 1 aliphatic carbocycles. The lowest BCUT2D eigenvalue weighted by atomic mass is 9.76. The van der Waals surface area contributed by atoms with E-state index < -0.39 is 36.8 Å². The third-order valence-electron chi connectivity index (χ3n) is 6.57. The van der Waals surface area contributed by atoms with E-state index in [0.29, 0.717) is 29.1 Å². The van der Waals surface area contributed by atoms with Crippen LogP contribution in [-0.2, 0) is 11.3 Å². The van der Waals surface area contributed by atoms with E-state index in [0.717, 1.165) is 18.4 Å². The predicted molar refractivity (Wildman–Crippen MR) is 111 cm³/mol. The number of hydrogen-bond donors (Lipinski definition) is 0. The highest BCUT2D eigenvalue weighted by atomic mass is 35.5. The second-order valence-corrected chi connectivity index (χ2v) is 9.44. The van der Waals surface area contributed by atoms with Crippen LogP contribution in [-0.4, -0.2) is 35.2 Å². The van der Waals surface area contributed by atoms with Crippen molar-refractivity contribution in [3.05, 3.63) is 35.0 Å². The molecular formula is C23H25ClF5NO2. The van der Waals surface area contributed by atoms with Gasteiger partial charge >= 0.3 is 6.18 Å². The van der Waals surface area contributed by atoms with Crippen molar-refractivity contribution in [3.63, 3.8) is 0 Å². The first kappa shape index (κ1) is 23.5.